The maximum atomic E-state index is 5.90. The molecule has 0 aromatic carbocycles. The second-order valence-electron chi connectivity index (χ2n) is 3.50. The van der Waals surface area contributed by atoms with E-state index < -0.39 is 0 Å². The van der Waals surface area contributed by atoms with Crippen LogP contribution in [0.5, 0.6) is 0 Å². The Bertz CT molecular complexity index is 703. The fourth-order valence-corrected chi connectivity index (χ4v) is 2.82. The largest absolute Gasteiger partial charge is 0.225 e. The number of aromatic nitrogens is 4. The van der Waals surface area contributed by atoms with E-state index in [1.807, 2.05) is 13.0 Å². The number of halogens is 2. The van der Waals surface area contributed by atoms with Gasteiger partial charge in [-0.2, -0.15) is 10.1 Å². The van der Waals surface area contributed by atoms with Crippen molar-refractivity contribution in [2.45, 2.75) is 6.92 Å². The van der Waals surface area contributed by atoms with Crippen molar-refractivity contribution in [3.8, 4) is 5.82 Å². The number of rotatable bonds is 1. The molecule has 0 radical (unpaired) electrons. The third-order valence-electron chi connectivity index (χ3n) is 2.24. The van der Waals surface area contributed by atoms with Gasteiger partial charge in [-0.3, -0.25) is 0 Å². The monoisotopic (exact) mass is 284 g/mol. The van der Waals surface area contributed by atoms with Crippen molar-refractivity contribution < 1.29 is 0 Å². The highest BCUT2D eigenvalue weighted by molar-refractivity contribution is 7.18. The lowest BCUT2D eigenvalue weighted by molar-refractivity contribution is 0.852. The van der Waals surface area contributed by atoms with Gasteiger partial charge in [0.2, 0.25) is 5.28 Å². The lowest BCUT2D eigenvalue weighted by Gasteiger charge is -2.01. The maximum Gasteiger partial charge on any atom is 0.225 e. The standard InChI is InChI=1S/C10H6Cl2N4S/c1-5-2-7-8(16-4-6(11)3-13-16)14-10(12)15-9(7)17-5/h2-4H,1H3. The van der Waals surface area contributed by atoms with E-state index in [-0.39, 0.29) is 5.28 Å². The molecular formula is C10H6Cl2N4S. The van der Waals surface area contributed by atoms with E-state index in [1.165, 1.54) is 0 Å². The summed E-state index contributed by atoms with van der Waals surface area (Å²) in [5.41, 5.74) is 0. The lowest BCUT2D eigenvalue weighted by atomic mass is 10.3. The van der Waals surface area contributed by atoms with E-state index in [0.29, 0.717) is 10.8 Å². The van der Waals surface area contributed by atoms with E-state index in [1.54, 1.807) is 28.4 Å². The molecule has 3 heterocycles. The third-order valence-corrected chi connectivity index (χ3v) is 3.55. The van der Waals surface area contributed by atoms with Gasteiger partial charge in [-0.25, -0.2) is 9.67 Å². The second-order valence-corrected chi connectivity index (χ2v) is 5.50. The van der Waals surface area contributed by atoms with Crippen molar-refractivity contribution in [3.63, 3.8) is 0 Å². The molecule has 86 valence electrons. The van der Waals surface area contributed by atoms with Crippen LogP contribution >= 0.6 is 34.5 Å². The molecule has 0 spiro atoms. The van der Waals surface area contributed by atoms with Crippen LogP contribution in [-0.4, -0.2) is 19.7 Å². The van der Waals surface area contributed by atoms with Crippen molar-refractivity contribution in [1.29, 1.82) is 0 Å². The van der Waals surface area contributed by atoms with Crippen LogP contribution in [-0.2, 0) is 0 Å². The van der Waals surface area contributed by atoms with Crippen LogP contribution in [0.4, 0.5) is 0 Å². The average molecular weight is 285 g/mol. The number of hydrogen-bond acceptors (Lipinski definition) is 4. The summed E-state index contributed by atoms with van der Waals surface area (Å²) in [4.78, 5) is 10.4. The fraction of sp³-hybridized carbons (Fsp3) is 0.100. The first-order chi connectivity index (χ1) is 8.13. The van der Waals surface area contributed by atoms with Gasteiger partial charge in [-0.05, 0) is 24.6 Å². The predicted molar refractivity (Wildman–Crippen MR) is 69.3 cm³/mol. The highest BCUT2D eigenvalue weighted by Gasteiger charge is 2.12. The van der Waals surface area contributed by atoms with Crippen molar-refractivity contribution >= 4 is 44.8 Å². The van der Waals surface area contributed by atoms with E-state index in [9.17, 15) is 0 Å². The van der Waals surface area contributed by atoms with Crippen LogP contribution in [0.25, 0.3) is 16.0 Å². The predicted octanol–water partition coefficient (Wildman–Crippen LogP) is 3.49. The zero-order valence-electron chi connectivity index (χ0n) is 8.69. The zero-order chi connectivity index (χ0) is 12.0. The van der Waals surface area contributed by atoms with Crippen LogP contribution in [0.1, 0.15) is 4.88 Å². The van der Waals surface area contributed by atoms with Gasteiger partial charge in [-0.15, -0.1) is 11.3 Å². The molecule has 3 rings (SSSR count). The van der Waals surface area contributed by atoms with E-state index in [0.717, 1.165) is 15.1 Å². The Kier molecular flexibility index (Phi) is 2.54. The summed E-state index contributed by atoms with van der Waals surface area (Å²) in [7, 11) is 0. The molecule has 0 N–H and O–H groups in total. The van der Waals surface area contributed by atoms with Gasteiger partial charge in [0.25, 0.3) is 0 Å². The maximum absolute atomic E-state index is 5.90. The number of hydrogen-bond donors (Lipinski definition) is 0. The van der Waals surface area contributed by atoms with Crippen LogP contribution in [0.3, 0.4) is 0 Å². The van der Waals surface area contributed by atoms with Crippen molar-refractivity contribution in [3.05, 3.63) is 33.6 Å². The average Bonchev–Trinajstić information content (AvgIpc) is 2.82. The Balaban J connectivity index is 2.34. The van der Waals surface area contributed by atoms with Crippen LogP contribution in [0.2, 0.25) is 10.3 Å². The summed E-state index contributed by atoms with van der Waals surface area (Å²) >= 11 is 13.3. The number of thiophene rings is 1. The molecule has 0 amide bonds. The minimum atomic E-state index is 0.209. The summed E-state index contributed by atoms with van der Waals surface area (Å²) in [6, 6.07) is 2.02. The normalized spacial score (nSPS) is 11.2. The summed E-state index contributed by atoms with van der Waals surface area (Å²) in [5, 5.41) is 5.82. The summed E-state index contributed by atoms with van der Waals surface area (Å²) in [6.07, 6.45) is 3.25. The van der Waals surface area contributed by atoms with Gasteiger partial charge < -0.3 is 0 Å². The molecule has 0 bridgehead atoms. The van der Waals surface area contributed by atoms with Crippen molar-refractivity contribution in [2.75, 3.05) is 0 Å². The van der Waals surface area contributed by atoms with Gasteiger partial charge in [0.15, 0.2) is 5.82 Å². The first kappa shape index (κ1) is 11.0. The molecule has 7 heteroatoms. The minimum absolute atomic E-state index is 0.209. The van der Waals surface area contributed by atoms with Gasteiger partial charge in [0, 0.05) is 4.88 Å². The molecule has 0 unspecified atom stereocenters. The van der Waals surface area contributed by atoms with Gasteiger partial charge in [-0.1, -0.05) is 11.6 Å². The van der Waals surface area contributed by atoms with Crippen LogP contribution in [0, 0.1) is 6.92 Å². The van der Waals surface area contributed by atoms with E-state index >= 15 is 0 Å². The van der Waals surface area contributed by atoms with Crippen LogP contribution in [0.15, 0.2) is 18.5 Å². The van der Waals surface area contributed by atoms with E-state index in [4.69, 9.17) is 23.2 Å². The Hall–Kier alpha value is -1.17. The topological polar surface area (TPSA) is 43.6 Å². The van der Waals surface area contributed by atoms with Crippen molar-refractivity contribution in [2.24, 2.45) is 0 Å². The third kappa shape index (κ3) is 1.90. The number of fused-ring (bicyclic) bond motifs is 1. The second kappa shape index (κ2) is 3.94. The highest BCUT2D eigenvalue weighted by atomic mass is 35.5. The number of nitrogens with zero attached hydrogens (tertiary/aromatic N) is 4. The van der Waals surface area contributed by atoms with Gasteiger partial charge in [0.05, 0.1) is 22.8 Å². The van der Waals surface area contributed by atoms with Crippen molar-refractivity contribution in [1.82, 2.24) is 19.7 Å². The molecular weight excluding hydrogens is 279 g/mol. The molecule has 4 nitrogen and oxygen atoms in total. The summed E-state index contributed by atoms with van der Waals surface area (Å²) < 4.78 is 1.60. The molecule has 0 saturated heterocycles. The Morgan fingerprint density at radius 3 is 2.82 bits per heavy atom. The first-order valence-corrected chi connectivity index (χ1v) is 6.35. The highest BCUT2D eigenvalue weighted by Crippen LogP contribution is 2.28. The molecule has 0 aliphatic rings. The molecule has 0 saturated carbocycles. The van der Waals surface area contributed by atoms with Crippen LogP contribution < -0.4 is 0 Å². The summed E-state index contributed by atoms with van der Waals surface area (Å²) in [6.45, 7) is 2.01. The Labute approximate surface area is 111 Å². The smallest absolute Gasteiger partial charge is 0.220 e. The Morgan fingerprint density at radius 1 is 1.29 bits per heavy atom. The molecule has 0 aliphatic heterocycles. The number of aryl methyl sites for hydroxylation is 1. The molecule has 17 heavy (non-hydrogen) atoms. The molecule has 0 atom stereocenters. The lowest BCUT2D eigenvalue weighted by Crippen LogP contribution is -1.99. The summed E-state index contributed by atoms with van der Waals surface area (Å²) in [5.74, 6) is 0.649. The molecule has 0 fully saturated rings. The fourth-order valence-electron chi connectivity index (χ4n) is 1.59. The molecule has 3 aromatic heterocycles. The SMILES string of the molecule is Cc1cc2c(-n3cc(Cl)cn3)nc(Cl)nc2s1. The Morgan fingerprint density at radius 2 is 2.12 bits per heavy atom. The zero-order valence-corrected chi connectivity index (χ0v) is 11.0. The van der Waals surface area contributed by atoms with Gasteiger partial charge >= 0.3 is 0 Å². The molecule has 3 aromatic rings. The minimum Gasteiger partial charge on any atom is -0.220 e. The van der Waals surface area contributed by atoms with Gasteiger partial charge in [0.1, 0.15) is 4.83 Å². The molecule has 0 aliphatic carbocycles. The quantitative estimate of drug-likeness (QED) is 0.643. The van der Waals surface area contributed by atoms with E-state index in [2.05, 4.69) is 15.1 Å². The first-order valence-electron chi connectivity index (χ1n) is 4.78.